The van der Waals surface area contributed by atoms with E-state index in [1.54, 1.807) is 24.4 Å². The first-order valence-corrected chi connectivity index (χ1v) is 8.58. The van der Waals surface area contributed by atoms with Gasteiger partial charge in [-0.2, -0.15) is 0 Å². The Hall–Kier alpha value is -2.30. The second-order valence-electron chi connectivity index (χ2n) is 5.50. The van der Waals surface area contributed by atoms with Crippen molar-refractivity contribution in [1.29, 1.82) is 0 Å². The van der Waals surface area contributed by atoms with Crippen molar-refractivity contribution < 1.29 is 9.21 Å². The summed E-state index contributed by atoms with van der Waals surface area (Å²) in [5.74, 6) is 1.05. The van der Waals surface area contributed by atoms with Crippen molar-refractivity contribution in [3.05, 3.63) is 76.2 Å². The average Bonchev–Trinajstić information content (AvgIpc) is 3.08. The molecule has 0 atom stereocenters. The van der Waals surface area contributed by atoms with Gasteiger partial charge in [-0.3, -0.25) is 4.79 Å². The van der Waals surface area contributed by atoms with Crippen molar-refractivity contribution in [1.82, 2.24) is 10.3 Å². The summed E-state index contributed by atoms with van der Waals surface area (Å²) >= 11 is 12.0. The second-order valence-corrected chi connectivity index (χ2v) is 6.34. The number of carbonyl (C=O) groups excluding carboxylic acids is 1. The fourth-order valence-electron chi connectivity index (χ4n) is 2.32. The van der Waals surface area contributed by atoms with Gasteiger partial charge in [0.1, 0.15) is 0 Å². The Morgan fingerprint density at radius 2 is 1.84 bits per heavy atom. The molecular formula is C19H16Cl2N2O2. The molecule has 0 saturated carbocycles. The van der Waals surface area contributed by atoms with Crippen molar-refractivity contribution in [2.24, 2.45) is 0 Å². The summed E-state index contributed by atoms with van der Waals surface area (Å²) in [4.78, 5) is 16.2. The first kappa shape index (κ1) is 17.5. The number of oxazole rings is 1. The lowest BCUT2D eigenvalue weighted by Crippen LogP contribution is -2.22. The predicted molar refractivity (Wildman–Crippen MR) is 98.6 cm³/mol. The molecule has 1 aromatic heterocycles. The highest BCUT2D eigenvalue weighted by Crippen LogP contribution is 2.28. The van der Waals surface area contributed by atoms with Gasteiger partial charge in [-0.05, 0) is 29.8 Å². The summed E-state index contributed by atoms with van der Waals surface area (Å²) in [7, 11) is 0. The molecule has 0 aliphatic rings. The number of carbonyl (C=O) groups is 1. The van der Waals surface area contributed by atoms with E-state index in [0.29, 0.717) is 41.1 Å². The van der Waals surface area contributed by atoms with Crippen LogP contribution in [0.2, 0.25) is 10.0 Å². The van der Waals surface area contributed by atoms with Crippen molar-refractivity contribution >= 4 is 29.1 Å². The Morgan fingerprint density at radius 1 is 1.08 bits per heavy atom. The molecule has 1 N–H and O–H groups in total. The second kappa shape index (κ2) is 8.19. The number of aryl methyl sites for hydroxylation is 1. The van der Waals surface area contributed by atoms with Crippen LogP contribution in [0.4, 0.5) is 0 Å². The van der Waals surface area contributed by atoms with Gasteiger partial charge in [0.15, 0.2) is 11.7 Å². The monoisotopic (exact) mass is 374 g/mol. The van der Waals surface area contributed by atoms with Crippen LogP contribution in [0.5, 0.6) is 0 Å². The molecule has 3 aromatic rings. The molecule has 25 heavy (non-hydrogen) atoms. The lowest BCUT2D eigenvalue weighted by Gasteiger charge is -2.04. The van der Waals surface area contributed by atoms with Crippen LogP contribution in [0.3, 0.4) is 0 Å². The number of halogens is 2. The number of hydrogen-bond donors (Lipinski definition) is 1. The summed E-state index contributed by atoms with van der Waals surface area (Å²) in [6.45, 7) is 0.465. The molecule has 1 heterocycles. The van der Waals surface area contributed by atoms with E-state index in [4.69, 9.17) is 27.6 Å². The topological polar surface area (TPSA) is 55.1 Å². The number of nitrogens with zero attached hydrogens (tertiary/aromatic N) is 1. The van der Waals surface area contributed by atoms with Crippen LogP contribution in [0, 0.1) is 0 Å². The molecular weight excluding hydrogens is 359 g/mol. The minimum atomic E-state index is -0.0626. The van der Waals surface area contributed by atoms with E-state index in [1.165, 1.54) is 0 Å². The molecule has 0 radical (unpaired) electrons. The Morgan fingerprint density at radius 3 is 2.60 bits per heavy atom. The molecule has 128 valence electrons. The zero-order valence-electron chi connectivity index (χ0n) is 13.3. The Balaban J connectivity index is 1.51. The number of hydrogen-bond acceptors (Lipinski definition) is 3. The van der Waals surface area contributed by atoms with E-state index >= 15 is 0 Å². The molecule has 3 rings (SSSR count). The van der Waals surface area contributed by atoms with Gasteiger partial charge in [0.05, 0.1) is 11.2 Å². The highest BCUT2D eigenvalue weighted by molar-refractivity contribution is 6.33. The normalized spacial score (nSPS) is 10.6. The molecule has 0 unspecified atom stereocenters. The highest BCUT2D eigenvalue weighted by atomic mass is 35.5. The Kier molecular flexibility index (Phi) is 5.74. The standard InChI is InChI=1S/C19H16Cl2N2O2/c20-14-7-5-13(6-8-14)11-22-18(24)9-10-19-23-12-17(25-19)15-3-1-2-4-16(15)21/h1-8,12H,9-11H2,(H,22,24). The van der Waals surface area contributed by atoms with Crippen molar-refractivity contribution in [2.75, 3.05) is 0 Å². The number of benzene rings is 2. The first-order valence-electron chi connectivity index (χ1n) is 7.82. The molecule has 0 bridgehead atoms. The van der Waals surface area contributed by atoms with Gasteiger partial charge < -0.3 is 9.73 Å². The van der Waals surface area contributed by atoms with Crippen LogP contribution in [-0.2, 0) is 17.8 Å². The van der Waals surface area contributed by atoms with E-state index in [-0.39, 0.29) is 5.91 Å². The van der Waals surface area contributed by atoms with E-state index in [2.05, 4.69) is 10.3 Å². The fraction of sp³-hybridized carbons (Fsp3) is 0.158. The Bertz CT molecular complexity index is 860. The first-order chi connectivity index (χ1) is 12.1. The van der Waals surface area contributed by atoms with Gasteiger partial charge in [0, 0.05) is 30.0 Å². The van der Waals surface area contributed by atoms with Crippen LogP contribution >= 0.6 is 23.2 Å². The third kappa shape index (κ3) is 4.84. The van der Waals surface area contributed by atoms with Crippen LogP contribution in [0.25, 0.3) is 11.3 Å². The van der Waals surface area contributed by atoms with Gasteiger partial charge in [-0.1, -0.05) is 47.5 Å². The van der Waals surface area contributed by atoms with Gasteiger partial charge in [-0.15, -0.1) is 0 Å². The van der Waals surface area contributed by atoms with E-state index < -0.39 is 0 Å². The van der Waals surface area contributed by atoms with E-state index in [1.807, 2.05) is 30.3 Å². The number of amides is 1. The molecule has 4 nitrogen and oxygen atoms in total. The minimum Gasteiger partial charge on any atom is -0.441 e. The molecule has 0 saturated heterocycles. The molecule has 6 heteroatoms. The zero-order chi connectivity index (χ0) is 17.6. The molecule has 0 aliphatic carbocycles. The fourth-order valence-corrected chi connectivity index (χ4v) is 2.68. The number of nitrogens with one attached hydrogen (secondary N) is 1. The van der Waals surface area contributed by atoms with Crippen LogP contribution < -0.4 is 5.32 Å². The van der Waals surface area contributed by atoms with Crippen LogP contribution in [-0.4, -0.2) is 10.9 Å². The molecule has 1 amide bonds. The maximum absolute atomic E-state index is 12.0. The van der Waals surface area contributed by atoms with Crippen molar-refractivity contribution in [2.45, 2.75) is 19.4 Å². The lowest BCUT2D eigenvalue weighted by atomic mass is 10.2. The average molecular weight is 375 g/mol. The third-order valence-electron chi connectivity index (χ3n) is 3.66. The van der Waals surface area contributed by atoms with E-state index in [9.17, 15) is 4.79 Å². The van der Waals surface area contributed by atoms with Gasteiger partial charge in [0.2, 0.25) is 5.91 Å². The summed E-state index contributed by atoms with van der Waals surface area (Å²) in [5, 5.41) is 4.14. The smallest absolute Gasteiger partial charge is 0.220 e. The quantitative estimate of drug-likeness (QED) is 0.667. The van der Waals surface area contributed by atoms with E-state index in [0.717, 1.165) is 11.1 Å². The van der Waals surface area contributed by atoms with Gasteiger partial charge >= 0.3 is 0 Å². The lowest BCUT2D eigenvalue weighted by molar-refractivity contribution is -0.121. The summed E-state index contributed by atoms with van der Waals surface area (Å²) in [6, 6.07) is 14.8. The Labute approximate surface area is 155 Å². The SMILES string of the molecule is O=C(CCc1ncc(-c2ccccc2Cl)o1)NCc1ccc(Cl)cc1. The van der Waals surface area contributed by atoms with Crippen molar-refractivity contribution in [3.63, 3.8) is 0 Å². The minimum absolute atomic E-state index is 0.0626. The predicted octanol–water partition coefficient (Wildman–Crippen LogP) is 4.90. The van der Waals surface area contributed by atoms with Gasteiger partial charge in [-0.25, -0.2) is 4.98 Å². The third-order valence-corrected chi connectivity index (χ3v) is 4.24. The summed E-state index contributed by atoms with van der Waals surface area (Å²) in [5.41, 5.74) is 1.78. The van der Waals surface area contributed by atoms with Crippen LogP contribution in [0.1, 0.15) is 17.9 Å². The molecule has 0 fully saturated rings. The largest absolute Gasteiger partial charge is 0.441 e. The maximum atomic E-state index is 12.0. The molecule has 0 aliphatic heterocycles. The summed E-state index contributed by atoms with van der Waals surface area (Å²) < 4.78 is 5.69. The molecule has 0 spiro atoms. The summed E-state index contributed by atoms with van der Waals surface area (Å²) in [6.07, 6.45) is 2.36. The van der Waals surface area contributed by atoms with Crippen molar-refractivity contribution in [3.8, 4) is 11.3 Å². The number of rotatable bonds is 6. The maximum Gasteiger partial charge on any atom is 0.220 e. The van der Waals surface area contributed by atoms with Crippen LogP contribution in [0.15, 0.2) is 59.1 Å². The number of aromatic nitrogens is 1. The highest BCUT2D eigenvalue weighted by Gasteiger charge is 2.11. The van der Waals surface area contributed by atoms with Gasteiger partial charge in [0.25, 0.3) is 0 Å². The molecule has 2 aromatic carbocycles. The zero-order valence-corrected chi connectivity index (χ0v) is 14.8.